The first kappa shape index (κ1) is 29.7. The first-order chi connectivity index (χ1) is 17.7. The van der Waals surface area contributed by atoms with Crippen molar-refractivity contribution in [2.75, 3.05) is 38.6 Å². The molecule has 0 radical (unpaired) electrons. The number of carbonyl (C=O) groups is 1. The number of aromatic nitrogens is 1. The molecule has 38 heavy (non-hydrogen) atoms. The van der Waals surface area contributed by atoms with Crippen LogP contribution in [0.4, 0.5) is 5.13 Å². The molecule has 0 aliphatic carbocycles. The zero-order valence-electron chi connectivity index (χ0n) is 22.0. The van der Waals surface area contributed by atoms with E-state index in [0.29, 0.717) is 30.3 Å². The Morgan fingerprint density at radius 1 is 0.947 bits per heavy atom. The van der Waals surface area contributed by atoms with Crippen molar-refractivity contribution >= 4 is 55.0 Å². The van der Waals surface area contributed by atoms with Gasteiger partial charge in [0.1, 0.15) is 0 Å². The maximum atomic E-state index is 13.6. The van der Waals surface area contributed by atoms with Gasteiger partial charge in [-0.1, -0.05) is 54.7 Å². The normalized spacial score (nSPS) is 11.6. The SMILES string of the molecule is CCN(Cc1ccccc1)S(=O)(=O)c1ccc(C(=O)N(CCN(C)C)c2nc3ccc(C)cc3s2)cc1.Cl. The Morgan fingerprint density at radius 3 is 2.26 bits per heavy atom. The lowest BCUT2D eigenvalue weighted by Crippen LogP contribution is -2.36. The second-order valence-electron chi connectivity index (χ2n) is 9.17. The molecule has 0 fully saturated rings. The maximum Gasteiger partial charge on any atom is 0.260 e. The molecule has 0 aliphatic rings. The van der Waals surface area contributed by atoms with Gasteiger partial charge >= 0.3 is 0 Å². The molecule has 7 nitrogen and oxygen atoms in total. The van der Waals surface area contributed by atoms with E-state index in [2.05, 4.69) is 6.07 Å². The van der Waals surface area contributed by atoms with Gasteiger partial charge in [-0.05, 0) is 68.5 Å². The number of thiazole rings is 1. The van der Waals surface area contributed by atoms with Crippen molar-refractivity contribution in [2.24, 2.45) is 0 Å². The van der Waals surface area contributed by atoms with Crippen LogP contribution in [0.25, 0.3) is 10.2 Å². The third kappa shape index (κ3) is 6.78. The smallest absolute Gasteiger partial charge is 0.260 e. The molecule has 0 spiro atoms. The lowest BCUT2D eigenvalue weighted by atomic mass is 10.2. The van der Waals surface area contributed by atoms with Gasteiger partial charge < -0.3 is 4.90 Å². The minimum Gasteiger partial charge on any atom is -0.308 e. The number of halogens is 1. The van der Waals surface area contributed by atoms with E-state index in [1.807, 2.05) is 75.3 Å². The van der Waals surface area contributed by atoms with Gasteiger partial charge in [0.2, 0.25) is 10.0 Å². The van der Waals surface area contributed by atoms with E-state index in [1.165, 1.54) is 27.8 Å². The largest absolute Gasteiger partial charge is 0.308 e. The van der Waals surface area contributed by atoms with Crippen LogP contribution in [0.3, 0.4) is 0 Å². The minimum atomic E-state index is -3.72. The lowest BCUT2D eigenvalue weighted by molar-refractivity contribution is 0.0985. The van der Waals surface area contributed by atoms with Crippen LogP contribution in [0.2, 0.25) is 0 Å². The van der Waals surface area contributed by atoms with Gasteiger partial charge in [0.05, 0.1) is 15.1 Å². The van der Waals surface area contributed by atoms with Crippen LogP contribution in [0.5, 0.6) is 0 Å². The molecule has 0 saturated heterocycles. The van der Waals surface area contributed by atoms with Gasteiger partial charge in [0.25, 0.3) is 5.91 Å². The molecule has 1 heterocycles. The fourth-order valence-corrected chi connectivity index (χ4v) is 6.47. The molecular formula is C28H33ClN4O3S2. The summed E-state index contributed by atoms with van der Waals surface area (Å²) in [6.45, 7) is 5.61. The molecule has 10 heteroatoms. The number of fused-ring (bicyclic) bond motifs is 1. The number of sulfonamides is 1. The molecule has 0 atom stereocenters. The van der Waals surface area contributed by atoms with Crippen LogP contribution in [0, 0.1) is 6.92 Å². The van der Waals surface area contributed by atoms with Crippen LogP contribution < -0.4 is 4.90 Å². The predicted octanol–water partition coefficient (Wildman–Crippen LogP) is 5.45. The standard InChI is InChI=1S/C28H32N4O3S2.ClH/c1-5-31(20-22-9-7-6-8-10-22)37(34,35)24-14-12-23(13-15-24)27(33)32(18-17-30(3)4)28-29-25-16-11-21(2)19-26(25)36-28;/h6-16,19H,5,17-18,20H2,1-4H3;1H. The van der Waals surface area contributed by atoms with Crippen molar-refractivity contribution in [2.45, 2.75) is 25.3 Å². The molecular weight excluding hydrogens is 540 g/mol. The summed E-state index contributed by atoms with van der Waals surface area (Å²) in [5.41, 5.74) is 3.33. The number of hydrogen-bond acceptors (Lipinski definition) is 6. The van der Waals surface area contributed by atoms with Crippen LogP contribution in [-0.2, 0) is 16.6 Å². The summed E-state index contributed by atoms with van der Waals surface area (Å²) < 4.78 is 29.1. The average Bonchev–Trinajstić information content (AvgIpc) is 3.30. The highest BCUT2D eigenvalue weighted by atomic mass is 35.5. The third-order valence-corrected chi connectivity index (χ3v) is 9.05. The van der Waals surface area contributed by atoms with Crippen molar-refractivity contribution in [1.82, 2.24) is 14.2 Å². The summed E-state index contributed by atoms with van der Waals surface area (Å²) in [5.74, 6) is -0.210. The summed E-state index contributed by atoms with van der Waals surface area (Å²) >= 11 is 1.48. The zero-order valence-corrected chi connectivity index (χ0v) is 24.4. The van der Waals surface area contributed by atoms with E-state index in [1.54, 1.807) is 17.0 Å². The van der Waals surface area contributed by atoms with Gasteiger partial charge in [-0.2, -0.15) is 4.31 Å². The number of nitrogens with zero attached hydrogens (tertiary/aromatic N) is 4. The Balaban J connectivity index is 0.00000400. The molecule has 0 bridgehead atoms. The van der Waals surface area contributed by atoms with Crippen LogP contribution in [0.15, 0.2) is 77.7 Å². The number of anilines is 1. The molecule has 1 amide bonds. The van der Waals surface area contributed by atoms with Gasteiger partial charge in [0.15, 0.2) is 5.13 Å². The van der Waals surface area contributed by atoms with Crippen molar-refractivity contribution < 1.29 is 13.2 Å². The van der Waals surface area contributed by atoms with E-state index in [0.717, 1.165) is 21.3 Å². The molecule has 0 unspecified atom stereocenters. The first-order valence-corrected chi connectivity index (χ1v) is 14.4. The van der Waals surface area contributed by atoms with Gasteiger partial charge in [-0.15, -0.1) is 12.4 Å². The lowest BCUT2D eigenvalue weighted by Gasteiger charge is -2.23. The van der Waals surface area contributed by atoms with Crippen LogP contribution >= 0.6 is 23.7 Å². The van der Waals surface area contributed by atoms with Crippen molar-refractivity contribution in [3.8, 4) is 0 Å². The number of aryl methyl sites for hydroxylation is 1. The molecule has 0 saturated carbocycles. The fraction of sp³-hybridized carbons (Fsp3) is 0.286. The van der Waals surface area contributed by atoms with Crippen LogP contribution in [0.1, 0.15) is 28.4 Å². The van der Waals surface area contributed by atoms with E-state index in [9.17, 15) is 13.2 Å². The Labute approximate surface area is 235 Å². The summed E-state index contributed by atoms with van der Waals surface area (Å²) in [7, 11) is 0.199. The highest BCUT2D eigenvalue weighted by molar-refractivity contribution is 7.89. The predicted molar refractivity (Wildman–Crippen MR) is 158 cm³/mol. The molecule has 4 rings (SSSR count). The number of rotatable bonds is 10. The molecule has 202 valence electrons. The summed E-state index contributed by atoms with van der Waals surface area (Å²) in [4.78, 5) is 22.2. The second-order valence-corrected chi connectivity index (χ2v) is 12.1. The van der Waals surface area contributed by atoms with Crippen molar-refractivity contribution in [1.29, 1.82) is 0 Å². The Kier molecular flexibility index (Phi) is 10.0. The first-order valence-electron chi connectivity index (χ1n) is 12.2. The number of hydrogen-bond donors (Lipinski definition) is 0. The summed E-state index contributed by atoms with van der Waals surface area (Å²) in [5, 5.41) is 0.629. The highest BCUT2D eigenvalue weighted by Crippen LogP contribution is 2.30. The Hall–Kier alpha value is -2.82. The molecule has 0 aliphatic heterocycles. The summed E-state index contributed by atoms with van der Waals surface area (Å²) in [6.07, 6.45) is 0. The van der Waals surface area contributed by atoms with Gasteiger partial charge in [0, 0.05) is 31.7 Å². The molecule has 0 N–H and O–H groups in total. The highest BCUT2D eigenvalue weighted by Gasteiger charge is 2.25. The third-order valence-electron chi connectivity index (χ3n) is 6.07. The zero-order chi connectivity index (χ0) is 26.6. The maximum absolute atomic E-state index is 13.6. The van der Waals surface area contributed by atoms with Crippen molar-refractivity contribution in [3.63, 3.8) is 0 Å². The number of benzene rings is 3. The summed E-state index contributed by atoms with van der Waals surface area (Å²) in [6, 6.07) is 21.8. The Morgan fingerprint density at radius 2 is 1.63 bits per heavy atom. The van der Waals surface area contributed by atoms with Crippen molar-refractivity contribution in [3.05, 3.63) is 89.5 Å². The van der Waals surface area contributed by atoms with Gasteiger partial charge in [-0.25, -0.2) is 13.4 Å². The number of carbonyl (C=O) groups excluding carboxylic acids is 1. The Bertz CT molecular complexity index is 1470. The quantitative estimate of drug-likeness (QED) is 0.253. The fourth-order valence-electron chi connectivity index (χ4n) is 3.95. The molecule has 3 aromatic carbocycles. The monoisotopic (exact) mass is 572 g/mol. The number of amides is 1. The molecule has 1 aromatic heterocycles. The topological polar surface area (TPSA) is 73.8 Å². The molecule has 4 aromatic rings. The second kappa shape index (κ2) is 12.8. The van der Waals surface area contributed by atoms with E-state index < -0.39 is 10.0 Å². The van der Waals surface area contributed by atoms with E-state index in [-0.39, 0.29) is 29.8 Å². The van der Waals surface area contributed by atoms with E-state index in [4.69, 9.17) is 4.98 Å². The average molecular weight is 573 g/mol. The van der Waals surface area contributed by atoms with Gasteiger partial charge in [-0.3, -0.25) is 9.69 Å². The minimum absolute atomic E-state index is 0. The van der Waals surface area contributed by atoms with Crippen LogP contribution in [-0.4, -0.2) is 62.2 Å². The van der Waals surface area contributed by atoms with E-state index >= 15 is 0 Å². The number of likely N-dealkylation sites (N-methyl/N-ethyl adjacent to an activating group) is 1.